The van der Waals surface area contributed by atoms with E-state index in [1.54, 1.807) is 0 Å². The van der Waals surface area contributed by atoms with Crippen molar-refractivity contribution in [3.8, 4) is 0 Å². The van der Waals surface area contributed by atoms with Gasteiger partial charge in [0.25, 0.3) is 0 Å². The average Bonchev–Trinajstić information content (AvgIpc) is 2.84. The molecule has 2 heterocycles. The Bertz CT molecular complexity index is 847. The Labute approximate surface area is 138 Å². The molecule has 1 fully saturated rings. The third kappa shape index (κ3) is 3.45. The van der Waals surface area contributed by atoms with Crippen molar-refractivity contribution >= 4 is 23.8 Å². The van der Waals surface area contributed by atoms with Crippen molar-refractivity contribution in [3.63, 3.8) is 0 Å². The van der Waals surface area contributed by atoms with E-state index < -0.39 is 6.67 Å². The smallest absolute Gasteiger partial charge is 0.347 e. The maximum atomic E-state index is 12.2. The molecule has 0 bridgehead atoms. The van der Waals surface area contributed by atoms with E-state index in [-0.39, 0.29) is 5.69 Å². The summed E-state index contributed by atoms with van der Waals surface area (Å²) in [4.78, 5) is 22.8. The summed E-state index contributed by atoms with van der Waals surface area (Å²) < 4.78 is 12.2. The van der Waals surface area contributed by atoms with Crippen molar-refractivity contribution < 1.29 is 4.39 Å². The highest BCUT2D eigenvalue weighted by atomic mass is 19.1. The van der Waals surface area contributed by atoms with Crippen LogP contribution in [0.2, 0.25) is 0 Å². The second kappa shape index (κ2) is 7.25. The molecular formula is C17H20FN5O. The molecule has 1 saturated heterocycles. The first-order valence-corrected chi connectivity index (χ1v) is 7.97. The van der Waals surface area contributed by atoms with Gasteiger partial charge in [0.2, 0.25) is 0 Å². The van der Waals surface area contributed by atoms with Gasteiger partial charge in [0.15, 0.2) is 0 Å². The molecule has 0 amide bonds. The highest BCUT2D eigenvalue weighted by Gasteiger charge is 2.20. The molecule has 3 rings (SSSR count). The Morgan fingerprint density at radius 3 is 2.92 bits per heavy atom. The Morgan fingerprint density at radius 1 is 1.38 bits per heavy atom. The molecule has 0 atom stereocenters. The van der Waals surface area contributed by atoms with Crippen LogP contribution in [0, 0.1) is 5.41 Å². The predicted molar refractivity (Wildman–Crippen MR) is 93.4 cm³/mol. The quantitative estimate of drug-likeness (QED) is 0.601. The van der Waals surface area contributed by atoms with Crippen LogP contribution >= 0.6 is 0 Å². The number of H-pyrrole nitrogens is 1. The molecule has 7 heteroatoms. The number of rotatable bonds is 3. The summed E-state index contributed by atoms with van der Waals surface area (Å²) in [5.74, 6) is 0.995. The van der Waals surface area contributed by atoms with Gasteiger partial charge in [0.05, 0.1) is 0 Å². The van der Waals surface area contributed by atoms with Crippen LogP contribution in [-0.2, 0) is 0 Å². The van der Waals surface area contributed by atoms with Crippen LogP contribution in [0.15, 0.2) is 29.1 Å². The summed E-state index contributed by atoms with van der Waals surface area (Å²) in [7, 11) is 0. The Balaban J connectivity index is 1.83. The van der Waals surface area contributed by atoms with Crippen LogP contribution in [-0.4, -0.2) is 53.6 Å². The van der Waals surface area contributed by atoms with Gasteiger partial charge in [-0.25, -0.2) is 9.18 Å². The average molecular weight is 329 g/mol. The van der Waals surface area contributed by atoms with E-state index >= 15 is 0 Å². The molecule has 2 N–H and O–H groups in total. The molecule has 0 spiro atoms. The second-order valence-electron chi connectivity index (χ2n) is 5.64. The fraction of sp³-hybridized carbons (Fsp3) is 0.353. The molecule has 24 heavy (non-hydrogen) atoms. The molecule has 126 valence electrons. The van der Waals surface area contributed by atoms with Crippen LogP contribution < -0.4 is 21.2 Å². The van der Waals surface area contributed by atoms with Crippen LogP contribution in [0.1, 0.15) is 6.42 Å². The van der Waals surface area contributed by atoms with Crippen LogP contribution in [0.3, 0.4) is 0 Å². The minimum Gasteiger partial charge on any atom is -0.354 e. The number of anilines is 1. The molecule has 1 aromatic rings. The number of halogens is 1. The lowest BCUT2D eigenvalue weighted by molar-refractivity contribution is 0.383. The van der Waals surface area contributed by atoms with Crippen molar-refractivity contribution in [1.29, 1.82) is 5.41 Å². The highest BCUT2D eigenvalue weighted by Crippen LogP contribution is 2.08. The third-order valence-corrected chi connectivity index (χ3v) is 4.12. The fourth-order valence-corrected chi connectivity index (χ4v) is 2.90. The Morgan fingerprint density at radius 2 is 2.17 bits per heavy atom. The zero-order valence-electron chi connectivity index (χ0n) is 13.3. The number of nitrogens with one attached hydrogen (secondary N) is 2. The SMILES string of the molecule is N=C(C=CCF)N1CCN(c2nc(=O)[nH]c3c2=CC=CCC=3)CC1. The lowest BCUT2D eigenvalue weighted by Gasteiger charge is -2.36. The zero-order valence-corrected chi connectivity index (χ0v) is 13.3. The van der Waals surface area contributed by atoms with E-state index in [0.29, 0.717) is 37.8 Å². The monoisotopic (exact) mass is 329 g/mol. The number of aromatic amines is 1. The number of piperazine rings is 1. The topological polar surface area (TPSA) is 76.1 Å². The lowest BCUT2D eigenvalue weighted by atomic mass is 10.2. The van der Waals surface area contributed by atoms with Crippen LogP contribution in [0.4, 0.5) is 10.2 Å². The van der Waals surface area contributed by atoms with Crippen molar-refractivity contribution in [2.24, 2.45) is 0 Å². The molecule has 1 aromatic heterocycles. The normalized spacial score (nSPS) is 17.2. The fourth-order valence-electron chi connectivity index (χ4n) is 2.90. The number of nitrogens with zero attached hydrogens (tertiary/aromatic N) is 3. The zero-order chi connectivity index (χ0) is 16.9. The first-order valence-electron chi connectivity index (χ1n) is 7.97. The van der Waals surface area contributed by atoms with Gasteiger partial charge in [-0.05, 0) is 18.6 Å². The number of allylic oxidation sites excluding steroid dienone is 3. The first kappa shape index (κ1) is 16.2. The van der Waals surface area contributed by atoms with Crippen molar-refractivity contribution in [2.75, 3.05) is 37.8 Å². The summed E-state index contributed by atoms with van der Waals surface area (Å²) in [6.07, 6.45) is 11.5. The minimum absolute atomic E-state index is 0.313. The van der Waals surface area contributed by atoms with E-state index in [2.05, 4.69) is 14.9 Å². The molecular weight excluding hydrogens is 309 g/mol. The number of alkyl halides is 1. The summed E-state index contributed by atoms with van der Waals surface area (Å²) in [5.41, 5.74) is -0.351. The van der Waals surface area contributed by atoms with Gasteiger partial charge in [0.1, 0.15) is 18.3 Å². The van der Waals surface area contributed by atoms with Crippen molar-refractivity contribution in [3.05, 3.63) is 45.4 Å². The van der Waals surface area contributed by atoms with Gasteiger partial charge in [-0.1, -0.05) is 24.3 Å². The number of hydrogen-bond donors (Lipinski definition) is 2. The van der Waals surface area contributed by atoms with E-state index in [9.17, 15) is 9.18 Å². The number of aromatic nitrogens is 2. The van der Waals surface area contributed by atoms with Gasteiger partial charge < -0.3 is 14.8 Å². The number of hydrogen-bond acceptors (Lipinski definition) is 4. The molecule has 1 aliphatic heterocycles. The van der Waals surface area contributed by atoms with Crippen LogP contribution in [0.25, 0.3) is 12.2 Å². The van der Waals surface area contributed by atoms with E-state index in [0.717, 1.165) is 17.0 Å². The molecule has 1 aliphatic carbocycles. The Kier molecular flexibility index (Phi) is 4.88. The van der Waals surface area contributed by atoms with Gasteiger partial charge in [-0.15, -0.1) is 0 Å². The Hall–Kier alpha value is -2.70. The molecule has 0 aromatic carbocycles. The van der Waals surface area contributed by atoms with Crippen molar-refractivity contribution in [1.82, 2.24) is 14.9 Å². The number of fused-ring (bicyclic) bond motifs is 1. The van der Waals surface area contributed by atoms with Crippen molar-refractivity contribution in [2.45, 2.75) is 6.42 Å². The van der Waals surface area contributed by atoms with Crippen LogP contribution in [0.5, 0.6) is 0 Å². The standard InChI is InChI=1S/C17H20FN5O/c18-8-4-7-15(19)22-9-11-23(12-10-22)16-13-5-2-1-3-6-14(13)20-17(24)21-16/h1-2,4-7,19H,3,8-12H2,(H,20,24). The van der Waals surface area contributed by atoms with Gasteiger partial charge in [-0.2, -0.15) is 4.98 Å². The van der Waals surface area contributed by atoms with E-state index in [4.69, 9.17) is 5.41 Å². The summed E-state index contributed by atoms with van der Waals surface area (Å²) >= 11 is 0. The van der Waals surface area contributed by atoms with Gasteiger partial charge in [-0.3, -0.25) is 5.41 Å². The largest absolute Gasteiger partial charge is 0.354 e. The van der Waals surface area contributed by atoms with Gasteiger partial charge in [0, 0.05) is 36.7 Å². The van der Waals surface area contributed by atoms with E-state index in [1.165, 1.54) is 12.2 Å². The van der Waals surface area contributed by atoms with Gasteiger partial charge >= 0.3 is 5.69 Å². The highest BCUT2D eigenvalue weighted by molar-refractivity contribution is 5.90. The molecule has 0 radical (unpaired) electrons. The molecule has 6 nitrogen and oxygen atoms in total. The third-order valence-electron chi connectivity index (χ3n) is 4.12. The summed E-state index contributed by atoms with van der Waals surface area (Å²) in [6, 6.07) is 0. The second-order valence-corrected chi connectivity index (χ2v) is 5.64. The molecule has 0 unspecified atom stereocenters. The molecule has 2 aliphatic rings. The lowest BCUT2D eigenvalue weighted by Crippen LogP contribution is -2.52. The summed E-state index contributed by atoms with van der Waals surface area (Å²) in [6.45, 7) is 2.03. The molecule has 0 saturated carbocycles. The minimum atomic E-state index is -0.564. The first-order chi connectivity index (χ1) is 11.7. The predicted octanol–water partition coefficient (Wildman–Crippen LogP) is -0.0842. The number of amidine groups is 1. The maximum absolute atomic E-state index is 12.2. The maximum Gasteiger partial charge on any atom is 0.347 e. The summed E-state index contributed by atoms with van der Waals surface area (Å²) in [5, 5.41) is 9.66. The van der Waals surface area contributed by atoms with E-state index in [1.807, 2.05) is 29.2 Å².